The monoisotopic (exact) mass is 417 g/mol. The maximum atomic E-state index is 2.67. The van der Waals surface area contributed by atoms with Crippen LogP contribution in [0.3, 0.4) is 0 Å². The quantitative estimate of drug-likeness (QED) is 0.438. The molecule has 0 nitrogen and oxygen atoms in total. The van der Waals surface area contributed by atoms with Gasteiger partial charge in [0.05, 0.1) is 0 Å². The second-order valence-corrected chi connectivity index (χ2v) is 21.8. The third kappa shape index (κ3) is 3.76. The van der Waals surface area contributed by atoms with Crippen LogP contribution < -0.4 is 0 Å². The first-order chi connectivity index (χ1) is 10.8. The van der Waals surface area contributed by atoms with E-state index in [2.05, 4.69) is 37.4 Å². The Labute approximate surface area is 167 Å². The van der Waals surface area contributed by atoms with Gasteiger partial charge < -0.3 is 0 Å². The van der Waals surface area contributed by atoms with Crippen LogP contribution >= 0.6 is 24.8 Å². The molecule has 0 amide bonds. The molecule has 0 spiro atoms. The summed E-state index contributed by atoms with van der Waals surface area (Å²) in [4.78, 5) is 0. The molecule has 24 heavy (non-hydrogen) atoms. The largest absolute Gasteiger partial charge is 0.147 e. The molecule has 0 heterocycles. The van der Waals surface area contributed by atoms with Gasteiger partial charge in [0.25, 0.3) is 0 Å². The van der Waals surface area contributed by atoms with Gasteiger partial charge in [-0.3, -0.25) is 0 Å². The third-order valence-electron chi connectivity index (χ3n) is 6.22. The zero-order valence-corrected chi connectivity index (χ0v) is 19.4. The molecule has 0 saturated heterocycles. The van der Waals surface area contributed by atoms with Gasteiger partial charge in [0.1, 0.15) is 0 Å². The van der Waals surface area contributed by atoms with E-state index in [0.29, 0.717) is 0 Å². The Bertz CT molecular complexity index is 540. The zero-order valence-electron chi connectivity index (χ0n) is 15.0. The Kier molecular flexibility index (Phi) is 7.71. The van der Waals surface area contributed by atoms with Crippen molar-refractivity contribution < 1.29 is 17.1 Å². The van der Waals surface area contributed by atoms with E-state index >= 15 is 0 Å². The van der Waals surface area contributed by atoms with Crippen LogP contribution in [0.1, 0.15) is 51.4 Å². The fourth-order valence-corrected chi connectivity index (χ4v) is 19.8. The minimum absolute atomic E-state index is 0. The van der Waals surface area contributed by atoms with Crippen molar-refractivity contribution in [1.29, 1.82) is 0 Å². The van der Waals surface area contributed by atoms with Crippen LogP contribution in [0, 0.1) is 0 Å². The number of allylic oxidation sites excluding steroid dienone is 8. The summed E-state index contributed by atoms with van der Waals surface area (Å²) >= 11 is -1.08. The number of rotatable bonds is 3. The van der Waals surface area contributed by atoms with Gasteiger partial charge in [-0.15, -0.1) is 24.8 Å². The molecule has 0 radical (unpaired) electrons. The molecule has 4 aliphatic rings. The van der Waals surface area contributed by atoms with E-state index in [4.69, 9.17) is 0 Å². The third-order valence-corrected chi connectivity index (χ3v) is 20.7. The summed E-state index contributed by atoms with van der Waals surface area (Å²) in [6.45, 7) is 4.80. The van der Waals surface area contributed by atoms with Gasteiger partial charge in [0, 0.05) is 0 Å². The normalized spacial score (nSPS) is 27.8. The fourth-order valence-electron chi connectivity index (χ4n) is 5.19. The van der Waals surface area contributed by atoms with Crippen LogP contribution in [-0.4, -0.2) is 6.66 Å². The number of halogens is 2. The number of hydrogen-bond acceptors (Lipinski definition) is 0. The van der Waals surface area contributed by atoms with Crippen LogP contribution in [-0.2, 0) is 17.1 Å². The molecule has 133 valence electrons. The van der Waals surface area contributed by atoms with Gasteiger partial charge in [-0.1, -0.05) is 0 Å². The van der Waals surface area contributed by atoms with E-state index in [1.54, 1.807) is 11.1 Å². The molecule has 0 N–H and O–H groups in total. The molecule has 0 aromatic heterocycles. The summed E-state index contributed by atoms with van der Waals surface area (Å²) in [5.74, 6) is 0. The summed E-state index contributed by atoms with van der Waals surface area (Å²) in [6.07, 6.45) is 21.8. The van der Waals surface area contributed by atoms with E-state index in [1.807, 2.05) is 11.1 Å². The van der Waals surface area contributed by atoms with Gasteiger partial charge in [-0.25, -0.2) is 0 Å². The Hall–Kier alpha value is 0.471. The smallest absolute Gasteiger partial charge is 0.147 e. The average Bonchev–Trinajstić information content (AvgIpc) is 3.13. The molecule has 4 rings (SSSR count). The fraction of sp³-hybridized carbons (Fsp3) is 0.600. The predicted molar refractivity (Wildman–Crippen MR) is 110 cm³/mol. The summed E-state index contributed by atoms with van der Waals surface area (Å²) in [5, 5.41) is 0. The first-order valence-electron chi connectivity index (χ1n) is 9.42. The second kappa shape index (κ2) is 8.91. The molecule has 2 unspecified atom stereocenters. The topological polar surface area (TPSA) is 0 Å². The molecule has 2 atom stereocenters. The van der Waals surface area contributed by atoms with Gasteiger partial charge in [-0.05, 0) is 0 Å². The van der Waals surface area contributed by atoms with Crippen molar-refractivity contribution in [2.24, 2.45) is 0 Å². The van der Waals surface area contributed by atoms with E-state index in [1.165, 1.54) is 51.4 Å². The first-order valence-corrected chi connectivity index (χ1v) is 16.8. The van der Waals surface area contributed by atoms with Crippen molar-refractivity contribution in [3.8, 4) is 0 Å². The zero-order chi connectivity index (χ0) is 15.1. The van der Waals surface area contributed by atoms with Crippen LogP contribution in [0.2, 0.25) is 21.5 Å². The summed E-state index contributed by atoms with van der Waals surface area (Å²) in [6, 6.07) is 0. The van der Waals surface area contributed by atoms with Crippen LogP contribution in [0.15, 0.2) is 46.6 Å². The average molecular weight is 418 g/mol. The molecule has 0 aromatic rings. The molecular weight excluding hydrogens is 387 g/mol. The molecule has 0 aromatic carbocycles. The van der Waals surface area contributed by atoms with Crippen molar-refractivity contribution in [2.75, 3.05) is 0 Å². The second-order valence-electron chi connectivity index (χ2n) is 7.84. The minimum atomic E-state index is -1.08. The molecule has 0 saturated carbocycles. The Morgan fingerprint density at radius 2 is 1.17 bits per heavy atom. The van der Waals surface area contributed by atoms with Gasteiger partial charge >= 0.3 is 143 Å². The van der Waals surface area contributed by atoms with Crippen molar-refractivity contribution in [2.45, 2.75) is 72.9 Å². The SMILES string of the molecule is C[SiH](C)[Ti]([CH]1C=CC2=C1CCCC2)[CH]1C=CC2=C1CCCC2.Cl.Cl. The van der Waals surface area contributed by atoms with Crippen LogP contribution in [0.25, 0.3) is 0 Å². The van der Waals surface area contributed by atoms with Crippen LogP contribution in [0.5, 0.6) is 0 Å². The van der Waals surface area contributed by atoms with E-state index in [-0.39, 0.29) is 24.8 Å². The molecule has 4 aliphatic carbocycles. The summed E-state index contributed by atoms with van der Waals surface area (Å²) in [7, 11) is 0. The van der Waals surface area contributed by atoms with E-state index < -0.39 is 23.8 Å². The van der Waals surface area contributed by atoms with Gasteiger partial charge in [0.2, 0.25) is 0 Å². The molecule has 4 heteroatoms. The maximum Gasteiger partial charge on any atom is -0.147 e. The first kappa shape index (κ1) is 20.8. The van der Waals surface area contributed by atoms with Crippen molar-refractivity contribution >= 4 is 31.5 Å². The standard InChI is InChI=1S/2C9H11.C2H7Si.2ClH.Ti/c2*1-2-5-9-7-3-6-8(9)4-1;1-3-2;;;/h2*3,6-7H,1-2,4-5H2;3H,1-2H3;2*1H;. The molecule has 0 fully saturated rings. The molecule has 0 bridgehead atoms. The summed E-state index contributed by atoms with van der Waals surface area (Å²) < 4.78 is 1.90. The maximum absolute atomic E-state index is 2.67. The minimum Gasteiger partial charge on any atom is -0.147 e. The Morgan fingerprint density at radius 3 is 1.58 bits per heavy atom. The molecular formula is C20H31Cl2SiTi. The van der Waals surface area contributed by atoms with Gasteiger partial charge in [0.15, 0.2) is 0 Å². The van der Waals surface area contributed by atoms with Gasteiger partial charge in [-0.2, -0.15) is 0 Å². The molecule has 0 aliphatic heterocycles. The van der Waals surface area contributed by atoms with Crippen molar-refractivity contribution in [3.05, 3.63) is 46.6 Å². The Balaban J connectivity index is 0.00000104. The summed E-state index contributed by atoms with van der Waals surface area (Å²) in [5.41, 5.74) is 7.35. The van der Waals surface area contributed by atoms with Crippen molar-refractivity contribution in [1.82, 2.24) is 0 Å². The Morgan fingerprint density at radius 1 is 0.750 bits per heavy atom. The number of hydrogen-bond donors (Lipinski definition) is 0. The van der Waals surface area contributed by atoms with E-state index in [9.17, 15) is 0 Å². The van der Waals surface area contributed by atoms with E-state index in [0.717, 1.165) is 8.45 Å². The van der Waals surface area contributed by atoms with Crippen LogP contribution in [0.4, 0.5) is 0 Å². The predicted octanol–water partition coefficient (Wildman–Crippen LogP) is 6.89. The van der Waals surface area contributed by atoms with Crippen molar-refractivity contribution in [3.63, 3.8) is 0 Å².